The quantitative estimate of drug-likeness (QED) is 0.526. The number of phenols is 1. The Kier molecular flexibility index (Phi) is 2.19. The number of carbonyl (C=O) groups is 1. The van der Waals surface area contributed by atoms with Crippen LogP contribution in [0.1, 0.15) is 10.4 Å². The van der Waals surface area contributed by atoms with Gasteiger partial charge in [-0.3, -0.25) is 4.79 Å². The zero-order valence-corrected chi connectivity index (χ0v) is 6.66. The van der Waals surface area contributed by atoms with Crippen molar-refractivity contribution in [3.05, 3.63) is 23.8 Å². The van der Waals surface area contributed by atoms with Crippen molar-refractivity contribution in [2.24, 2.45) is 0 Å². The lowest BCUT2D eigenvalue weighted by Crippen LogP contribution is -2.19. The Morgan fingerprint density at radius 3 is 2.75 bits per heavy atom. The lowest BCUT2D eigenvalue weighted by molar-refractivity contribution is 0.0964. The first-order valence-electron chi connectivity index (χ1n) is 3.45. The summed E-state index contributed by atoms with van der Waals surface area (Å²) in [4.78, 5) is 11.1. The minimum Gasteiger partial charge on any atom is -0.508 e. The molecule has 0 aliphatic rings. The van der Waals surface area contributed by atoms with Crippen LogP contribution in [0.5, 0.6) is 5.75 Å². The predicted molar refractivity (Wildman–Crippen MR) is 45.9 cm³/mol. The van der Waals surface area contributed by atoms with Gasteiger partial charge in [0.25, 0.3) is 5.91 Å². The molecule has 0 aliphatic heterocycles. The number of nitrogen functional groups attached to an aromatic ring is 1. The molecular formula is C8H10N2O2. The van der Waals surface area contributed by atoms with Crippen LogP contribution < -0.4 is 11.1 Å². The number of anilines is 1. The Balaban J connectivity index is 3.09. The van der Waals surface area contributed by atoms with Gasteiger partial charge in [0, 0.05) is 18.8 Å². The van der Waals surface area contributed by atoms with E-state index >= 15 is 0 Å². The number of phenolic OH excluding ortho intramolecular Hbond substituents is 1. The number of benzene rings is 1. The fraction of sp³-hybridized carbons (Fsp3) is 0.125. The summed E-state index contributed by atoms with van der Waals surface area (Å²) >= 11 is 0. The number of hydrogen-bond donors (Lipinski definition) is 3. The zero-order chi connectivity index (χ0) is 9.14. The van der Waals surface area contributed by atoms with Crippen molar-refractivity contribution in [3.63, 3.8) is 0 Å². The summed E-state index contributed by atoms with van der Waals surface area (Å²) in [5.41, 5.74) is 6.12. The molecule has 0 bridgehead atoms. The van der Waals surface area contributed by atoms with Crippen LogP contribution in [0.4, 0.5) is 5.69 Å². The van der Waals surface area contributed by atoms with E-state index in [2.05, 4.69) is 5.32 Å². The van der Waals surface area contributed by atoms with Crippen LogP contribution in [0, 0.1) is 0 Å². The van der Waals surface area contributed by atoms with Gasteiger partial charge in [0.15, 0.2) is 0 Å². The predicted octanol–water partition coefficient (Wildman–Crippen LogP) is 0.334. The second-order valence-electron chi connectivity index (χ2n) is 2.35. The number of nitrogens with one attached hydrogen (secondary N) is 1. The van der Waals surface area contributed by atoms with Gasteiger partial charge in [-0.1, -0.05) is 0 Å². The molecule has 0 spiro atoms. The average Bonchev–Trinajstić information content (AvgIpc) is 2.03. The highest BCUT2D eigenvalue weighted by atomic mass is 16.3. The SMILES string of the molecule is CNC(=O)c1ccc(O)cc1N. The lowest BCUT2D eigenvalue weighted by Gasteiger charge is -2.03. The number of carbonyl (C=O) groups excluding carboxylic acids is 1. The molecule has 1 aromatic carbocycles. The van der Waals surface area contributed by atoms with Gasteiger partial charge < -0.3 is 16.2 Å². The van der Waals surface area contributed by atoms with Crippen molar-refractivity contribution >= 4 is 11.6 Å². The molecule has 0 aromatic heterocycles. The standard InChI is InChI=1S/C8H10N2O2/c1-10-8(12)6-3-2-5(11)4-7(6)9/h2-4,11H,9H2,1H3,(H,10,12). The third-order valence-corrected chi connectivity index (χ3v) is 1.51. The summed E-state index contributed by atoms with van der Waals surface area (Å²) in [5, 5.41) is 11.4. The van der Waals surface area contributed by atoms with Gasteiger partial charge in [-0.25, -0.2) is 0 Å². The van der Waals surface area contributed by atoms with Gasteiger partial charge in [0.05, 0.1) is 5.56 Å². The van der Waals surface area contributed by atoms with Crippen LogP contribution in [0.3, 0.4) is 0 Å². The van der Waals surface area contributed by atoms with Crippen LogP contribution in [0.25, 0.3) is 0 Å². The third-order valence-electron chi connectivity index (χ3n) is 1.51. The summed E-state index contributed by atoms with van der Waals surface area (Å²) in [7, 11) is 1.52. The molecule has 4 N–H and O–H groups in total. The molecule has 1 amide bonds. The summed E-state index contributed by atoms with van der Waals surface area (Å²) in [6, 6.07) is 4.23. The lowest BCUT2D eigenvalue weighted by atomic mass is 10.1. The Morgan fingerprint density at radius 1 is 1.58 bits per heavy atom. The summed E-state index contributed by atoms with van der Waals surface area (Å²) < 4.78 is 0. The first kappa shape index (κ1) is 8.39. The molecule has 0 unspecified atom stereocenters. The van der Waals surface area contributed by atoms with Crippen LogP contribution in [0.2, 0.25) is 0 Å². The van der Waals surface area contributed by atoms with Crippen molar-refractivity contribution in [2.45, 2.75) is 0 Å². The molecule has 0 heterocycles. The molecule has 1 aromatic rings. The van der Waals surface area contributed by atoms with Gasteiger partial charge in [-0.2, -0.15) is 0 Å². The highest BCUT2D eigenvalue weighted by molar-refractivity contribution is 5.99. The Bertz CT molecular complexity index is 310. The van der Waals surface area contributed by atoms with Gasteiger partial charge in [-0.05, 0) is 12.1 Å². The van der Waals surface area contributed by atoms with E-state index in [-0.39, 0.29) is 17.3 Å². The van der Waals surface area contributed by atoms with Gasteiger partial charge in [0.1, 0.15) is 5.75 Å². The van der Waals surface area contributed by atoms with Crippen molar-refractivity contribution in [1.82, 2.24) is 5.32 Å². The summed E-state index contributed by atoms with van der Waals surface area (Å²) in [5.74, 6) is -0.201. The second kappa shape index (κ2) is 3.13. The Labute approximate surface area is 70.0 Å². The highest BCUT2D eigenvalue weighted by Crippen LogP contribution is 2.17. The zero-order valence-electron chi connectivity index (χ0n) is 6.66. The third kappa shape index (κ3) is 1.47. The van der Waals surface area contributed by atoms with E-state index in [1.807, 2.05) is 0 Å². The monoisotopic (exact) mass is 166 g/mol. The average molecular weight is 166 g/mol. The number of rotatable bonds is 1. The number of amides is 1. The van der Waals surface area contributed by atoms with E-state index in [4.69, 9.17) is 10.8 Å². The van der Waals surface area contributed by atoms with Crippen LogP contribution in [-0.4, -0.2) is 18.1 Å². The van der Waals surface area contributed by atoms with E-state index in [0.717, 1.165) is 0 Å². The van der Waals surface area contributed by atoms with Crippen LogP contribution in [-0.2, 0) is 0 Å². The minimum absolute atomic E-state index is 0.0557. The maximum Gasteiger partial charge on any atom is 0.253 e. The van der Waals surface area contributed by atoms with Gasteiger partial charge in [-0.15, -0.1) is 0 Å². The molecule has 0 saturated carbocycles. The van der Waals surface area contributed by atoms with E-state index in [0.29, 0.717) is 5.56 Å². The number of hydrogen-bond acceptors (Lipinski definition) is 3. The summed E-state index contributed by atoms with van der Waals surface area (Å²) in [6.07, 6.45) is 0. The fourth-order valence-corrected chi connectivity index (χ4v) is 0.892. The van der Waals surface area contributed by atoms with Crippen molar-refractivity contribution in [2.75, 3.05) is 12.8 Å². The van der Waals surface area contributed by atoms with Crippen molar-refractivity contribution in [1.29, 1.82) is 0 Å². The number of aromatic hydroxyl groups is 1. The van der Waals surface area contributed by atoms with E-state index in [1.54, 1.807) is 0 Å². The second-order valence-corrected chi connectivity index (χ2v) is 2.35. The van der Waals surface area contributed by atoms with E-state index in [9.17, 15) is 4.79 Å². The first-order chi connectivity index (χ1) is 5.65. The molecule has 12 heavy (non-hydrogen) atoms. The van der Waals surface area contributed by atoms with Crippen molar-refractivity contribution < 1.29 is 9.90 Å². The molecule has 0 saturated heterocycles. The van der Waals surface area contributed by atoms with E-state index in [1.165, 1.54) is 25.2 Å². The topological polar surface area (TPSA) is 75.3 Å². The Morgan fingerprint density at radius 2 is 2.25 bits per heavy atom. The molecule has 0 fully saturated rings. The largest absolute Gasteiger partial charge is 0.508 e. The molecule has 4 nitrogen and oxygen atoms in total. The maximum absolute atomic E-state index is 11.1. The molecule has 0 radical (unpaired) electrons. The molecule has 0 aliphatic carbocycles. The van der Waals surface area contributed by atoms with Crippen LogP contribution >= 0.6 is 0 Å². The van der Waals surface area contributed by atoms with E-state index < -0.39 is 0 Å². The molecule has 0 atom stereocenters. The minimum atomic E-state index is -0.257. The first-order valence-corrected chi connectivity index (χ1v) is 3.45. The maximum atomic E-state index is 11.1. The highest BCUT2D eigenvalue weighted by Gasteiger charge is 2.06. The molecule has 64 valence electrons. The Hall–Kier alpha value is -1.71. The smallest absolute Gasteiger partial charge is 0.253 e. The van der Waals surface area contributed by atoms with Crippen molar-refractivity contribution in [3.8, 4) is 5.75 Å². The van der Waals surface area contributed by atoms with Gasteiger partial charge >= 0.3 is 0 Å². The fourth-order valence-electron chi connectivity index (χ4n) is 0.892. The molecule has 4 heteroatoms. The number of nitrogens with two attached hydrogens (primary N) is 1. The van der Waals surface area contributed by atoms with Gasteiger partial charge in [0.2, 0.25) is 0 Å². The normalized spacial score (nSPS) is 9.42. The molecule has 1 rings (SSSR count). The summed E-state index contributed by atoms with van der Waals surface area (Å²) in [6.45, 7) is 0. The van der Waals surface area contributed by atoms with Crippen LogP contribution in [0.15, 0.2) is 18.2 Å². The molecular weight excluding hydrogens is 156 g/mol.